The lowest BCUT2D eigenvalue weighted by Gasteiger charge is -2.11. The Bertz CT molecular complexity index is 538. The first-order chi connectivity index (χ1) is 8.70. The molecule has 0 amide bonds. The zero-order valence-electron chi connectivity index (χ0n) is 10.7. The Hall–Kier alpha value is -1.87. The summed E-state index contributed by atoms with van der Waals surface area (Å²) in [6.45, 7) is 4.40. The largest absolute Gasteiger partial charge is 0.487 e. The summed E-state index contributed by atoms with van der Waals surface area (Å²) < 4.78 is 5.73. The average molecular weight is 243 g/mol. The molecule has 2 rings (SSSR count). The van der Waals surface area contributed by atoms with E-state index >= 15 is 0 Å². The second-order valence-corrected chi connectivity index (χ2v) is 4.32. The molecular formula is C15H17NO2. The Kier molecular flexibility index (Phi) is 3.95. The maximum absolute atomic E-state index is 9.30. The normalized spacial score (nSPS) is 10.4. The van der Waals surface area contributed by atoms with Gasteiger partial charge in [0.05, 0.1) is 12.3 Å². The smallest absolute Gasteiger partial charge is 0.130 e. The lowest BCUT2D eigenvalue weighted by molar-refractivity contribution is 0.257. The van der Waals surface area contributed by atoms with Crippen LogP contribution in [-0.4, -0.2) is 10.1 Å². The van der Waals surface area contributed by atoms with E-state index in [9.17, 15) is 5.11 Å². The minimum absolute atomic E-state index is 0.0157. The molecule has 0 aliphatic rings. The Morgan fingerprint density at radius 3 is 2.78 bits per heavy atom. The van der Waals surface area contributed by atoms with Crippen molar-refractivity contribution in [3.8, 4) is 5.75 Å². The van der Waals surface area contributed by atoms with Gasteiger partial charge in [-0.05, 0) is 31.5 Å². The maximum atomic E-state index is 9.30. The molecule has 0 aliphatic carbocycles. The Balaban J connectivity index is 2.13. The van der Waals surface area contributed by atoms with Crippen molar-refractivity contribution in [1.82, 2.24) is 4.98 Å². The second kappa shape index (κ2) is 5.65. The molecule has 1 aromatic carbocycles. The SMILES string of the molecule is Cc1ccc(OCc2ncccc2C)c(CO)c1. The maximum Gasteiger partial charge on any atom is 0.130 e. The molecule has 0 saturated carbocycles. The molecule has 2 aromatic rings. The molecule has 18 heavy (non-hydrogen) atoms. The number of hydrogen-bond acceptors (Lipinski definition) is 3. The van der Waals surface area contributed by atoms with Crippen LogP contribution in [0.25, 0.3) is 0 Å². The van der Waals surface area contributed by atoms with Crippen LogP contribution >= 0.6 is 0 Å². The zero-order valence-corrected chi connectivity index (χ0v) is 10.7. The van der Waals surface area contributed by atoms with Gasteiger partial charge in [0.2, 0.25) is 0 Å². The van der Waals surface area contributed by atoms with Gasteiger partial charge in [-0.1, -0.05) is 23.8 Å². The van der Waals surface area contributed by atoms with E-state index in [1.165, 1.54) is 0 Å². The monoisotopic (exact) mass is 243 g/mol. The minimum atomic E-state index is -0.0157. The van der Waals surface area contributed by atoms with Gasteiger partial charge in [0, 0.05) is 11.8 Å². The number of nitrogens with zero attached hydrogens (tertiary/aromatic N) is 1. The molecule has 3 nitrogen and oxygen atoms in total. The van der Waals surface area contributed by atoms with Crippen LogP contribution in [0.2, 0.25) is 0 Å². The number of aliphatic hydroxyl groups excluding tert-OH is 1. The molecule has 0 atom stereocenters. The highest BCUT2D eigenvalue weighted by Gasteiger charge is 2.05. The third-order valence-electron chi connectivity index (χ3n) is 2.87. The summed E-state index contributed by atoms with van der Waals surface area (Å²) in [5.41, 5.74) is 3.95. The fourth-order valence-electron chi connectivity index (χ4n) is 1.79. The quantitative estimate of drug-likeness (QED) is 0.897. The van der Waals surface area contributed by atoms with E-state index in [-0.39, 0.29) is 6.61 Å². The fraction of sp³-hybridized carbons (Fsp3) is 0.267. The molecule has 1 N–H and O–H groups in total. The highest BCUT2D eigenvalue weighted by Crippen LogP contribution is 2.21. The van der Waals surface area contributed by atoms with Crippen molar-refractivity contribution >= 4 is 0 Å². The molecule has 3 heteroatoms. The van der Waals surface area contributed by atoms with Gasteiger partial charge in [0.15, 0.2) is 0 Å². The first-order valence-corrected chi connectivity index (χ1v) is 5.94. The fourth-order valence-corrected chi connectivity index (χ4v) is 1.79. The number of hydrogen-bond donors (Lipinski definition) is 1. The summed E-state index contributed by atoms with van der Waals surface area (Å²) in [4.78, 5) is 4.28. The molecule has 0 saturated heterocycles. The highest BCUT2D eigenvalue weighted by molar-refractivity contribution is 5.36. The van der Waals surface area contributed by atoms with Gasteiger partial charge in [-0.25, -0.2) is 0 Å². The number of rotatable bonds is 4. The van der Waals surface area contributed by atoms with Crippen LogP contribution in [0.4, 0.5) is 0 Å². The average Bonchev–Trinajstić information content (AvgIpc) is 2.39. The van der Waals surface area contributed by atoms with E-state index in [2.05, 4.69) is 4.98 Å². The molecular weight excluding hydrogens is 226 g/mol. The first kappa shape index (κ1) is 12.6. The molecule has 0 unspecified atom stereocenters. The number of ether oxygens (including phenoxy) is 1. The van der Waals surface area contributed by atoms with Gasteiger partial charge in [0.1, 0.15) is 12.4 Å². The van der Waals surface area contributed by atoms with Gasteiger partial charge in [0.25, 0.3) is 0 Å². The molecule has 1 aromatic heterocycles. The van der Waals surface area contributed by atoms with E-state index in [1.54, 1.807) is 6.20 Å². The third kappa shape index (κ3) is 2.87. The molecule has 94 valence electrons. The van der Waals surface area contributed by atoms with E-state index < -0.39 is 0 Å². The van der Waals surface area contributed by atoms with Crippen LogP contribution < -0.4 is 4.74 Å². The summed E-state index contributed by atoms with van der Waals surface area (Å²) in [6.07, 6.45) is 1.76. The molecule has 0 fully saturated rings. The van der Waals surface area contributed by atoms with Crippen LogP contribution in [-0.2, 0) is 13.2 Å². The number of benzene rings is 1. The van der Waals surface area contributed by atoms with Crippen molar-refractivity contribution in [3.63, 3.8) is 0 Å². The topological polar surface area (TPSA) is 42.4 Å². The van der Waals surface area contributed by atoms with Crippen molar-refractivity contribution < 1.29 is 9.84 Å². The summed E-state index contributed by atoms with van der Waals surface area (Å²) >= 11 is 0. The summed E-state index contributed by atoms with van der Waals surface area (Å²) in [5.74, 6) is 0.716. The van der Waals surface area contributed by atoms with E-state index in [0.29, 0.717) is 12.4 Å². The van der Waals surface area contributed by atoms with Crippen LogP contribution in [0.15, 0.2) is 36.5 Å². The van der Waals surface area contributed by atoms with Crippen molar-refractivity contribution in [2.45, 2.75) is 27.1 Å². The van der Waals surface area contributed by atoms with Crippen molar-refractivity contribution in [3.05, 3.63) is 58.9 Å². The summed E-state index contributed by atoms with van der Waals surface area (Å²) in [5, 5.41) is 9.30. The molecule has 0 radical (unpaired) electrons. The van der Waals surface area contributed by atoms with Crippen LogP contribution in [0, 0.1) is 13.8 Å². The molecule has 0 spiro atoms. The lowest BCUT2D eigenvalue weighted by atomic mass is 10.1. The van der Waals surface area contributed by atoms with Gasteiger partial charge < -0.3 is 9.84 Å². The third-order valence-corrected chi connectivity index (χ3v) is 2.87. The summed E-state index contributed by atoms with van der Waals surface area (Å²) in [6, 6.07) is 9.71. The standard InChI is InChI=1S/C15H17NO2/c1-11-5-6-15(13(8-11)9-17)18-10-14-12(2)4-3-7-16-14/h3-8,17H,9-10H2,1-2H3. The predicted octanol–water partition coefficient (Wildman–Crippen LogP) is 2.77. The van der Waals surface area contributed by atoms with Crippen LogP contribution in [0.3, 0.4) is 0 Å². The highest BCUT2D eigenvalue weighted by atomic mass is 16.5. The first-order valence-electron chi connectivity index (χ1n) is 5.94. The van der Waals surface area contributed by atoms with Crippen molar-refractivity contribution in [1.29, 1.82) is 0 Å². The second-order valence-electron chi connectivity index (χ2n) is 4.32. The lowest BCUT2D eigenvalue weighted by Crippen LogP contribution is -2.02. The molecule has 1 heterocycles. The zero-order chi connectivity index (χ0) is 13.0. The van der Waals surface area contributed by atoms with Crippen LogP contribution in [0.5, 0.6) is 5.75 Å². The predicted molar refractivity (Wildman–Crippen MR) is 70.4 cm³/mol. The Labute approximate surface area is 107 Å². The number of aromatic nitrogens is 1. The van der Waals surface area contributed by atoms with Crippen LogP contribution in [0.1, 0.15) is 22.4 Å². The molecule has 0 bridgehead atoms. The number of aryl methyl sites for hydroxylation is 2. The number of pyridine rings is 1. The van der Waals surface area contributed by atoms with Crippen molar-refractivity contribution in [2.24, 2.45) is 0 Å². The number of aliphatic hydroxyl groups is 1. The van der Waals surface area contributed by atoms with E-state index in [1.807, 2.05) is 44.2 Å². The van der Waals surface area contributed by atoms with Gasteiger partial charge in [-0.3, -0.25) is 4.98 Å². The van der Waals surface area contributed by atoms with Gasteiger partial charge in [-0.2, -0.15) is 0 Å². The molecule has 0 aliphatic heterocycles. The minimum Gasteiger partial charge on any atom is -0.487 e. The van der Waals surface area contributed by atoms with Gasteiger partial charge >= 0.3 is 0 Å². The van der Waals surface area contributed by atoms with E-state index in [4.69, 9.17) is 4.74 Å². The summed E-state index contributed by atoms with van der Waals surface area (Å²) in [7, 11) is 0. The Morgan fingerprint density at radius 2 is 2.06 bits per heavy atom. The van der Waals surface area contributed by atoms with Crippen molar-refractivity contribution in [2.75, 3.05) is 0 Å². The van der Waals surface area contributed by atoms with E-state index in [0.717, 1.165) is 22.4 Å². The van der Waals surface area contributed by atoms with Gasteiger partial charge in [-0.15, -0.1) is 0 Å². The Morgan fingerprint density at radius 1 is 1.22 bits per heavy atom.